The lowest BCUT2D eigenvalue weighted by Gasteiger charge is -2.50. The Kier molecular flexibility index (Phi) is 9.35. The molecule has 0 aromatic heterocycles. The molecule has 6 aliphatic carbocycles. The molecule has 0 amide bonds. The van der Waals surface area contributed by atoms with Crippen LogP contribution in [0.5, 0.6) is 0 Å². The monoisotopic (exact) mass is 620 g/mol. The Morgan fingerprint density at radius 1 is 0.467 bits per heavy atom. The van der Waals surface area contributed by atoms with Crippen LogP contribution in [0, 0.1) is 35.5 Å². The summed E-state index contributed by atoms with van der Waals surface area (Å²) in [4.78, 5) is 6.55. The predicted octanol–water partition coefficient (Wildman–Crippen LogP) is 9.07. The van der Waals surface area contributed by atoms with E-state index in [1.807, 2.05) is 0 Å². The third-order valence-electron chi connectivity index (χ3n) is 16.4. The molecule has 9 fully saturated rings. The summed E-state index contributed by atoms with van der Waals surface area (Å²) in [6.45, 7) is 1.17. The Labute approximate surface area is 276 Å². The number of nitrogens with zero attached hydrogens (tertiary/aromatic N) is 2. The highest BCUT2D eigenvalue weighted by Crippen LogP contribution is 2.54. The smallest absolute Gasteiger partial charge is 0.111 e. The first-order valence-corrected chi connectivity index (χ1v) is 21.3. The molecule has 254 valence electrons. The summed E-state index contributed by atoms with van der Waals surface area (Å²) in [6.07, 6.45) is 39.9. The lowest BCUT2D eigenvalue weighted by atomic mass is 9.67. The number of ether oxygens (including phenoxy) is 1. The Hall–Kier alpha value is -0.160. The minimum atomic E-state index is 0.391. The van der Waals surface area contributed by atoms with E-state index in [9.17, 15) is 0 Å². The second-order valence-corrected chi connectivity index (χ2v) is 18.4. The van der Waals surface area contributed by atoms with Gasteiger partial charge in [0.2, 0.25) is 0 Å². The molecule has 9 rings (SSSR count). The van der Waals surface area contributed by atoms with Crippen LogP contribution in [-0.4, -0.2) is 64.9 Å². The fraction of sp³-hybridized carbons (Fsp3) is 1.00. The van der Waals surface area contributed by atoms with Crippen molar-refractivity contribution in [2.24, 2.45) is 35.5 Å². The normalized spacial score (nSPS) is 48.5. The quantitative estimate of drug-likeness (QED) is 0.332. The van der Waals surface area contributed by atoms with E-state index in [0.29, 0.717) is 12.3 Å². The second kappa shape index (κ2) is 13.6. The molecule has 0 bridgehead atoms. The lowest BCUT2D eigenvalue weighted by molar-refractivity contribution is -0.0282. The molecule has 10 unspecified atom stereocenters. The molecule has 3 aliphatic heterocycles. The van der Waals surface area contributed by atoms with E-state index in [1.165, 1.54) is 161 Å². The number of nitrogens with one attached hydrogen (secondary N) is 1. The Morgan fingerprint density at radius 2 is 1.13 bits per heavy atom. The maximum atomic E-state index is 6.69. The van der Waals surface area contributed by atoms with Crippen molar-refractivity contribution in [3.05, 3.63) is 0 Å². The highest BCUT2D eigenvalue weighted by Gasteiger charge is 2.55. The molecule has 6 saturated carbocycles. The van der Waals surface area contributed by atoms with E-state index in [4.69, 9.17) is 4.74 Å². The van der Waals surface area contributed by atoms with E-state index in [1.54, 1.807) is 12.8 Å². The lowest BCUT2D eigenvalue weighted by Crippen LogP contribution is -2.55. The first kappa shape index (κ1) is 30.9. The van der Waals surface area contributed by atoms with Crippen molar-refractivity contribution in [3.63, 3.8) is 0 Å². The Bertz CT molecular complexity index is 950. The first-order valence-electron chi connectivity index (χ1n) is 21.3. The molecule has 9 aliphatic rings. The van der Waals surface area contributed by atoms with Gasteiger partial charge in [0.1, 0.15) is 6.23 Å². The number of piperidine rings is 1. The van der Waals surface area contributed by atoms with Crippen LogP contribution in [0.15, 0.2) is 0 Å². The molecule has 0 aromatic carbocycles. The van der Waals surface area contributed by atoms with Crippen LogP contribution < -0.4 is 5.32 Å². The van der Waals surface area contributed by atoms with Gasteiger partial charge in [-0.2, -0.15) is 0 Å². The highest BCUT2D eigenvalue weighted by molar-refractivity contribution is 5.08. The molecular formula is C41H69N3O. The fourth-order valence-electron chi connectivity index (χ4n) is 14.5. The first-order chi connectivity index (χ1) is 22.3. The molecule has 1 N–H and O–H groups in total. The van der Waals surface area contributed by atoms with Gasteiger partial charge in [0.15, 0.2) is 0 Å². The number of fused-ring (bicyclic) bond motifs is 6. The fourth-order valence-corrected chi connectivity index (χ4v) is 14.5. The van der Waals surface area contributed by atoms with Gasteiger partial charge in [-0.3, -0.25) is 15.1 Å². The third kappa shape index (κ3) is 5.92. The SMILES string of the molecule is C1CCC(N(C2CCCCC2)C2CCC3C(C2)C2CCCCC2N3C2CCC(C3CCC4C(C3)OC3NCCCC34)CC2)CC1. The number of likely N-dealkylation sites (tertiary alicyclic amines) is 1. The number of hydrogen-bond donors (Lipinski definition) is 1. The standard InChI is InChI=1S/C41H69N3O/c1-3-10-30(11-4-1)43(31-12-5-2-6-13-31)33-22-24-39-37(27-33)34-14-7-8-16-38(34)44(39)32-20-17-28(18-21-32)29-19-23-35-36-15-9-25-42-41(36)45-40(35)26-29/h28-42H,1-27H2. The maximum Gasteiger partial charge on any atom is 0.111 e. The Morgan fingerprint density at radius 3 is 1.91 bits per heavy atom. The molecule has 10 atom stereocenters. The second-order valence-electron chi connectivity index (χ2n) is 18.4. The van der Waals surface area contributed by atoms with Crippen molar-refractivity contribution in [1.29, 1.82) is 0 Å². The van der Waals surface area contributed by atoms with Gasteiger partial charge in [0, 0.05) is 42.2 Å². The largest absolute Gasteiger partial charge is 0.360 e. The summed E-state index contributed by atoms with van der Waals surface area (Å²) in [7, 11) is 0. The molecular weight excluding hydrogens is 550 g/mol. The molecule has 0 aromatic rings. The number of hydrogen-bond acceptors (Lipinski definition) is 4. The highest BCUT2D eigenvalue weighted by atomic mass is 16.5. The van der Waals surface area contributed by atoms with Gasteiger partial charge in [-0.1, -0.05) is 51.4 Å². The van der Waals surface area contributed by atoms with Crippen LogP contribution in [0.4, 0.5) is 0 Å². The molecule has 45 heavy (non-hydrogen) atoms. The third-order valence-corrected chi connectivity index (χ3v) is 16.4. The molecule has 3 saturated heterocycles. The molecule has 0 spiro atoms. The van der Waals surface area contributed by atoms with Gasteiger partial charge >= 0.3 is 0 Å². The van der Waals surface area contributed by atoms with Crippen LogP contribution in [0.2, 0.25) is 0 Å². The molecule has 4 nitrogen and oxygen atoms in total. The van der Waals surface area contributed by atoms with Gasteiger partial charge < -0.3 is 4.74 Å². The zero-order valence-corrected chi connectivity index (χ0v) is 29.0. The van der Waals surface area contributed by atoms with Gasteiger partial charge in [0.25, 0.3) is 0 Å². The van der Waals surface area contributed by atoms with Crippen molar-refractivity contribution in [1.82, 2.24) is 15.1 Å². The zero-order valence-electron chi connectivity index (χ0n) is 29.0. The summed E-state index contributed by atoms with van der Waals surface area (Å²) in [5.41, 5.74) is 0. The average Bonchev–Trinajstić information content (AvgIpc) is 3.64. The van der Waals surface area contributed by atoms with E-state index < -0.39 is 0 Å². The van der Waals surface area contributed by atoms with Crippen molar-refractivity contribution in [2.75, 3.05) is 6.54 Å². The van der Waals surface area contributed by atoms with Crippen LogP contribution in [-0.2, 0) is 4.74 Å². The molecule has 4 heteroatoms. The number of rotatable bonds is 5. The predicted molar refractivity (Wildman–Crippen MR) is 184 cm³/mol. The minimum absolute atomic E-state index is 0.391. The van der Waals surface area contributed by atoms with Crippen LogP contribution in [0.1, 0.15) is 167 Å². The van der Waals surface area contributed by atoms with Crippen molar-refractivity contribution >= 4 is 0 Å². The van der Waals surface area contributed by atoms with E-state index in [2.05, 4.69) is 15.1 Å². The molecule has 3 heterocycles. The van der Waals surface area contributed by atoms with E-state index in [-0.39, 0.29) is 0 Å². The zero-order chi connectivity index (χ0) is 29.7. The summed E-state index contributed by atoms with van der Waals surface area (Å²) >= 11 is 0. The topological polar surface area (TPSA) is 27.7 Å². The van der Waals surface area contributed by atoms with Crippen molar-refractivity contribution in [3.8, 4) is 0 Å². The Balaban J connectivity index is 0.857. The van der Waals surface area contributed by atoms with Gasteiger partial charge in [0.05, 0.1) is 6.10 Å². The molecule has 0 radical (unpaired) electrons. The van der Waals surface area contributed by atoms with E-state index in [0.717, 1.165) is 71.8 Å². The van der Waals surface area contributed by atoms with Crippen molar-refractivity contribution in [2.45, 2.75) is 216 Å². The van der Waals surface area contributed by atoms with Crippen LogP contribution in [0.25, 0.3) is 0 Å². The average molecular weight is 620 g/mol. The van der Waals surface area contributed by atoms with Gasteiger partial charge in [-0.15, -0.1) is 0 Å². The minimum Gasteiger partial charge on any atom is -0.360 e. The van der Waals surface area contributed by atoms with E-state index >= 15 is 0 Å². The summed E-state index contributed by atoms with van der Waals surface area (Å²) in [6, 6.07) is 5.50. The summed E-state index contributed by atoms with van der Waals surface area (Å²) in [5.74, 6) is 5.64. The summed E-state index contributed by atoms with van der Waals surface area (Å²) in [5, 5.41) is 3.73. The van der Waals surface area contributed by atoms with Gasteiger partial charge in [-0.05, 0) is 152 Å². The summed E-state index contributed by atoms with van der Waals surface area (Å²) < 4.78 is 6.69. The van der Waals surface area contributed by atoms with Gasteiger partial charge in [-0.25, -0.2) is 0 Å². The maximum absolute atomic E-state index is 6.69. The van der Waals surface area contributed by atoms with Crippen molar-refractivity contribution < 1.29 is 4.74 Å². The van der Waals surface area contributed by atoms with Crippen LogP contribution >= 0.6 is 0 Å². The van der Waals surface area contributed by atoms with Crippen LogP contribution in [0.3, 0.4) is 0 Å².